The Hall–Kier alpha value is 0.210. The van der Waals surface area contributed by atoms with Crippen molar-refractivity contribution in [3.63, 3.8) is 0 Å². The van der Waals surface area contributed by atoms with Crippen molar-refractivity contribution in [1.29, 1.82) is 0 Å². The molecular formula is C19H39ClN2. The van der Waals surface area contributed by atoms with E-state index < -0.39 is 0 Å². The Morgan fingerprint density at radius 2 is 1.50 bits per heavy atom. The van der Waals surface area contributed by atoms with Crippen LogP contribution in [-0.4, -0.2) is 42.5 Å². The highest BCUT2D eigenvalue weighted by Gasteiger charge is 2.16. The minimum Gasteiger partial charge on any atom is -0.314 e. The lowest BCUT2D eigenvalue weighted by molar-refractivity contribution is 0.226. The summed E-state index contributed by atoms with van der Waals surface area (Å²) in [5.74, 6) is 1.64. The molecule has 3 heteroatoms. The number of hydrogen-bond donors (Lipinski definition) is 1. The van der Waals surface area contributed by atoms with E-state index in [1.165, 1.54) is 71.1 Å². The molecule has 0 atom stereocenters. The maximum atomic E-state index is 6.17. The summed E-state index contributed by atoms with van der Waals surface area (Å²) in [6.07, 6.45) is 8.97. The Kier molecular flexibility index (Phi) is 10.8. The van der Waals surface area contributed by atoms with Gasteiger partial charge in [-0.15, -0.1) is 11.6 Å². The summed E-state index contributed by atoms with van der Waals surface area (Å²) in [5.41, 5.74) is 0. The molecule has 1 aliphatic rings. The molecular weight excluding hydrogens is 292 g/mol. The first-order valence-corrected chi connectivity index (χ1v) is 10.0. The third-order valence-electron chi connectivity index (χ3n) is 4.79. The number of likely N-dealkylation sites (tertiary alicyclic amines) is 1. The van der Waals surface area contributed by atoms with Crippen molar-refractivity contribution < 1.29 is 0 Å². The number of hydrogen-bond acceptors (Lipinski definition) is 2. The summed E-state index contributed by atoms with van der Waals surface area (Å²) in [7, 11) is 0. The molecule has 0 aromatic rings. The number of nitrogens with one attached hydrogen (secondary N) is 1. The predicted molar refractivity (Wildman–Crippen MR) is 99.9 cm³/mol. The molecule has 22 heavy (non-hydrogen) atoms. The van der Waals surface area contributed by atoms with Gasteiger partial charge in [-0.3, -0.25) is 0 Å². The van der Waals surface area contributed by atoms with Crippen LogP contribution in [0.15, 0.2) is 0 Å². The minimum atomic E-state index is 0.422. The Balaban J connectivity index is 2.15. The molecule has 0 amide bonds. The van der Waals surface area contributed by atoms with Gasteiger partial charge in [0.2, 0.25) is 0 Å². The van der Waals surface area contributed by atoms with Crippen LogP contribution in [0.5, 0.6) is 0 Å². The van der Waals surface area contributed by atoms with Crippen LogP contribution in [0.4, 0.5) is 0 Å². The number of piperidine rings is 1. The molecule has 132 valence electrons. The molecule has 1 fully saturated rings. The third kappa shape index (κ3) is 10.1. The Labute approximate surface area is 144 Å². The van der Waals surface area contributed by atoms with E-state index in [2.05, 4.69) is 37.9 Å². The van der Waals surface area contributed by atoms with E-state index in [1.807, 2.05) is 0 Å². The van der Waals surface area contributed by atoms with Gasteiger partial charge >= 0.3 is 0 Å². The van der Waals surface area contributed by atoms with Crippen LogP contribution in [0.2, 0.25) is 0 Å². The van der Waals surface area contributed by atoms with Crippen molar-refractivity contribution in [1.82, 2.24) is 10.2 Å². The molecule has 0 saturated carbocycles. The molecule has 1 rings (SSSR count). The smallest absolute Gasteiger partial charge is 0.0360 e. The number of nitrogens with zero attached hydrogens (tertiary/aromatic N) is 1. The van der Waals surface area contributed by atoms with Crippen LogP contribution >= 0.6 is 11.6 Å². The second-order valence-corrected chi connectivity index (χ2v) is 8.58. The molecule has 2 nitrogen and oxygen atoms in total. The average Bonchev–Trinajstić information content (AvgIpc) is 2.47. The lowest BCUT2D eigenvalue weighted by Crippen LogP contribution is -2.37. The van der Waals surface area contributed by atoms with E-state index in [0.29, 0.717) is 5.38 Å². The SMILES string of the molecule is CC(C)CCC(CCC(C)C)NCCCN1CCC(Cl)CC1. The van der Waals surface area contributed by atoms with Gasteiger partial charge in [-0.1, -0.05) is 27.7 Å². The van der Waals surface area contributed by atoms with Gasteiger partial charge in [-0.25, -0.2) is 0 Å². The minimum absolute atomic E-state index is 0.422. The Bertz CT molecular complexity index is 248. The van der Waals surface area contributed by atoms with Gasteiger partial charge in [0.05, 0.1) is 0 Å². The molecule has 0 radical (unpaired) electrons. The third-order valence-corrected chi connectivity index (χ3v) is 5.22. The zero-order chi connectivity index (χ0) is 16.4. The van der Waals surface area contributed by atoms with E-state index >= 15 is 0 Å². The molecule has 1 heterocycles. The van der Waals surface area contributed by atoms with E-state index in [0.717, 1.165) is 17.9 Å². The second kappa shape index (κ2) is 11.7. The maximum absolute atomic E-state index is 6.17. The van der Waals surface area contributed by atoms with Gasteiger partial charge in [0.15, 0.2) is 0 Å². The lowest BCUT2D eigenvalue weighted by Gasteiger charge is -2.29. The van der Waals surface area contributed by atoms with Crippen molar-refractivity contribution in [3.8, 4) is 0 Å². The number of alkyl halides is 1. The summed E-state index contributed by atoms with van der Waals surface area (Å²) in [5, 5.41) is 4.25. The van der Waals surface area contributed by atoms with Crippen LogP contribution in [0.1, 0.15) is 72.6 Å². The van der Waals surface area contributed by atoms with Crippen molar-refractivity contribution >= 4 is 11.6 Å². The maximum Gasteiger partial charge on any atom is 0.0360 e. The molecule has 0 aromatic heterocycles. The molecule has 0 unspecified atom stereocenters. The number of rotatable bonds is 11. The largest absolute Gasteiger partial charge is 0.314 e. The zero-order valence-corrected chi connectivity index (χ0v) is 16.2. The molecule has 0 spiro atoms. The normalized spacial score (nSPS) is 18.0. The lowest BCUT2D eigenvalue weighted by atomic mass is 9.97. The Morgan fingerprint density at radius 1 is 0.955 bits per heavy atom. The average molecular weight is 331 g/mol. The van der Waals surface area contributed by atoms with Crippen LogP contribution in [-0.2, 0) is 0 Å². The van der Waals surface area contributed by atoms with Crippen molar-refractivity contribution in [2.75, 3.05) is 26.2 Å². The highest BCUT2D eigenvalue weighted by atomic mass is 35.5. The second-order valence-electron chi connectivity index (χ2n) is 7.96. The number of halogens is 1. The fourth-order valence-electron chi connectivity index (χ4n) is 3.15. The molecule has 1 aliphatic heterocycles. The molecule has 1 saturated heterocycles. The zero-order valence-electron chi connectivity index (χ0n) is 15.4. The molecule has 1 N–H and O–H groups in total. The quantitative estimate of drug-likeness (QED) is 0.427. The van der Waals surface area contributed by atoms with Crippen LogP contribution in [0.25, 0.3) is 0 Å². The van der Waals surface area contributed by atoms with Gasteiger partial charge < -0.3 is 10.2 Å². The highest BCUT2D eigenvalue weighted by molar-refractivity contribution is 6.20. The fourth-order valence-corrected chi connectivity index (χ4v) is 3.35. The fraction of sp³-hybridized carbons (Fsp3) is 1.00. The summed E-state index contributed by atoms with van der Waals surface area (Å²) in [6.45, 7) is 14.1. The summed E-state index contributed by atoms with van der Waals surface area (Å²) in [4.78, 5) is 2.58. The first-order chi connectivity index (χ1) is 10.5. The van der Waals surface area contributed by atoms with Gasteiger partial charge in [-0.2, -0.15) is 0 Å². The monoisotopic (exact) mass is 330 g/mol. The first kappa shape index (κ1) is 20.3. The Morgan fingerprint density at radius 3 is 2.00 bits per heavy atom. The van der Waals surface area contributed by atoms with E-state index in [-0.39, 0.29) is 0 Å². The van der Waals surface area contributed by atoms with Crippen molar-refractivity contribution in [3.05, 3.63) is 0 Å². The van der Waals surface area contributed by atoms with Crippen LogP contribution in [0, 0.1) is 11.8 Å². The van der Waals surface area contributed by atoms with Crippen LogP contribution < -0.4 is 5.32 Å². The first-order valence-electron chi connectivity index (χ1n) is 9.57. The molecule has 0 bridgehead atoms. The van der Waals surface area contributed by atoms with Gasteiger partial charge in [0.25, 0.3) is 0 Å². The predicted octanol–water partition coefficient (Wildman–Crippen LogP) is 4.91. The van der Waals surface area contributed by atoms with E-state index in [1.54, 1.807) is 0 Å². The van der Waals surface area contributed by atoms with Crippen LogP contribution in [0.3, 0.4) is 0 Å². The van der Waals surface area contributed by atoms with Gasteiger partial charge in [0.1, 0.15) is 0 Å². The summed E-state index contributed by atoms with van der Waals surface area (Å²) < 4.78 is 0. The highest BCUT2D eigenvalue weighted by Crippen LogP contribution is 2.16. The molecule has 0 aliphatic carbocycles. The van der Waals surface area contributed by atoms with Crippen molar-refractivity contribution in [2.24, 2.45) is 11.8 Å². The van der Waals surface area contributed by atoms with E-state index in [4.69, 9.17) is 11.6 Å². The topological polar surface area (TPSA) is 15.3 Å². The van der Waals surface area contributed by atoms with Crippen molar-refractivity contribution in [2.45, 2.75) is 84.1 Å². The standard InChI is InChI=1S/C19H39ClN2/c1-16(2)6-8-19(9-7-17(3)4)21-12-5-13-22-14-10-18(20)11-15-22/h16-19,21H,5-15H2,1-4H3. The summed E-state index contributed by atoms with van der Waals surface area (Å²) >= 11 is 6.17. The molecule has 0 aromatic carbocycles. The van der Waals surface area contributed by atoms with E-state index in [9.17, 15) is 0 Å². The van der Waals surface area contributed by atoms with Gasteiger partial charge in [-0.05, 0) is 83.0 Å². The summed E-state index contributed by atoms with van der Waals surface area (Å²) in [6, 6.07) is 0.721. The van der Waals surface area contributed by atoms with Gasteiger partial charge in [0, 0.05) is 11.4 Å².